The zero-order chi connectivity index (χ0) is 18.3. The fourth-order valence-corrected chi connectivity index (χ4v) is 3.21. The van der Waals surface area contributed by atoms with Gasteiger partial charge in [-0.05, 0) is 43.5 Å². The van der Waals surface area contributed by atoms with E-state index in [1.807, 2.05) is 12.1 Å². The van der Waals surface area contributed by atoms with E-state index in [4.69, 9.17) is 0 Å². The van der Waals surface area contributed by atoms with Gasteiger partial charge in [-0.2, -0.15) is 0 Å². The molecular weight excluding hydrogens is 334 g/mol. The van der Waals surface area contributed by atoms with Gasteiger partial charge in [-0.1, -0.05) is 11.2 Å². The Morgan fingerprint density at radius 3 is 2.77 bits per heavy atom. The number of aryl methyl sites for hydroxylation is 1. The van der Waals surface area contributed by atoms with Crippen LogP contribution in [0.2, 0.25) is 0 Å². The van der Waals surface area contributed by atoms with E-state index in [1.165, 1.54) is 0 Å². The number of carbonyl (C=O) groups excluding carboxylic acids is 1. The maximum atomic E-state index is 13.1. The van der Waals surface area contributed by atoms with Crippen LogP contribution in [0.25, 0.3) is 11.4 Å². The van der Waals surface area contributed by atoms with Crippen molar-refractivity contribution in [1.82, 2.24) is 25.0 Å². The molecule has 0 bridgehead atoms. The first-order chi connectivity index (χ1) is 12.5. The molecule has 1 saturated carbocycles. The summed E-state index contributed by atoms with van der Waals surface area (Å²) in [6.07, 6.45) is 5.28. The van der Waals surface area contributed by atoms with Gasteiger partial charge in [0.05, 0.1) is 5.54 Å². The Bertz CT molecular complexity index is 1020. The summed E-state index contributed by atoms with van der Waals surface area (Å²) in [6.45, 7) is 1.78. The zero-order valence-electron chi connectivity index (χ0n) is 14.4. The normalized spacial score (nSPS) is 14.8. The first kappa shape index (κ1) is 16.2. The molecule has 0 saturated heterocycles. The lowest BCUT2D eigenvalue weighted by Gasteiger charge is -2.28. The smallest absolute Gasteiger partial charge is 0.331 e. The minimum Gasteiger partial charge on any atom is -0.331 e. The van der Waals surface area contributed by atoms with E-state index in [1.54, 1.807) is 43.4 Å². The van der Waals surface area contributed by atoms with Crippen molar-refractivity contribution in [2.24, 2.45) is 0 Å². The van der Waals surface area contributed by atoms with Gasteiger partial charge < -0.3 is 4.90 Å². The van der Waals surface area contributed by atoms with Crippen LogP contribution in [0.4, 0.5) is 0 Å². The summed E-state index contributed by atoms with van der Waals surface area (Å²) < 4.78 is 4.54. The van der Waals surface area contributed by atoms with Crippen LogP contribution in [-0.4, -0.2) is 38.0 Å². The zero-order valence-corrected chi connectivity index (χ0v) is 14.4. The summed E-state index contributed by atoms with van der Waals surface area (Å²) in [5.41, 5.74) is 2.20. The molecule has 0 aromatic carbocycles. The largest absolute Gasteiger partial charge is 0.439 e. The molecule has 0 aliphatic heterocycles. The number of nitrogens with zero attached hydrogens (tertiary/aromatic N) is 4. The minimum absolute atomic E-state index is 0.192. The molecule has 132 valence electrons. The molecule has 1 fully saturated rings. The molecule has 3 aromatic heterocycles. The Morgan fingerprint density at radius 2 is 2.15 bits per heavy atom. The second-order valence-corrected chi connectivity index (χ2v) is 6.46. The van der Waals surface area contributed by atoms with Crippen LogP contribution in [0.1, 0.15) is 34.6 Å². The average molecular weight is 351 g/mol. The Hall–Kier alpha value is -3.29. The molecule has 3 aromatic rings. The van der Waals surface area contributed by atoms with E-state index in [0.717, 1.165) is 18.4 Å². The molecule has 0 spiro atoms. The summed E-state index contributed by atoms with van der Waals surface area (Å²) in [7, 11) is 1.78. The highest BCUT2D eigenvalue weighted by Crippen LogP contribution is 2.50. The lowest BCUT2D eigenvalue weighted by molar-refractivity contribution is 0.0698. The molecule has 1 N–H and O–H groups in total. The highest BCUT2D eigenvalue weighted by atomic mass is 16.5. The minimum atomic E-state index is -0.645. The molecule has 1 amide bonds. The van der Waals surface area contributed by atoms with Gasteiger partial charge in [0, 0.05) is 30.7 Å². The van der Waals surface area contributed by atoms with Gasteiger partial charge in [-0.3, -0.25) is 19.3 Å². The predicted molar refractivity (Wildman–Crippen MR) is 92.3 cm³/mol. The molecule has 26 heavy (non-hydrogen) atoms. The maximum Gasteiger partial charge on any atom is 0.439 e. The quantitative estimate of drug-likeness (QED) is 0.769. The molecule has 1 aliphatic rings. The monoisotopic (exact) mass is 351 g/mol. The predicted octanol–water partition coefficient (Wildman–Crippen LogP) is 1.89. The number of pyridine rings is 2. The lowest BCUT2D eigenvalue weighted by atomic mass is 10.0. The fraction of sp³-hybridized carbons (Fsp3) is 0.278. The Balaban J connectivity index is 1.68. The molecule has 3 heterocycles. The molecule has 8 nitrogen and oxygen atoms in total. The number of H-pyrrole nitrogens is 1. The molecule has 0 unspecified atom stereocenters. The molecule has 4 rings (SSSR count). The van der Waals surface area contributed by atoms with Crippen LogP contribution in [0.15, 0.2) is 46.0 Å². The summed E-state index contributed by atoms with van der Waals surface area (Å²) in [4.78, 5) is 37.0. The summed E-state index contributed by atoms with van der Waals surface area (Å²) >= 11 is 0. The van der Waals surface area contributed by atoms with E-state index in [2.05, 4.69) is 24.6 Å². The molecule has 8 heteroatoms. The Kier molecular flexibility index (Phi) is 3.68. The van der Waals surface area contributed by atoms with E-state index >= 15 is 0 Å². The van der Waals surface area contributed by atoms with E-state index < -0.39 is 5.76 Å². The second kappa shape index (κ2) is 5.91. The third-order valence-electron chi connectivity index (χ3n) is 4.76. The van der Waals surface area contributed by atoms with Gasteiger partial charge in [-0.15, -0.1) is 0 Å². The van der Waals surface area contributed by atoms with Crippen molar-refractivity contribution in [2.45, 2.75) is 25.3 Å². The third kappa shape index (κ3) is 2.69. The number of aromatic nitrogens is 4. The highest BCUT2D eigenvalue weighted by molar-refractivity contribution is 5.94. The summed E-state index contributed by atoms with van der Waals surface area (Å²) in [6, 6.07) is 7.20. The van der Waals surface area contributed by atoms with Gasteiger partial charge in [0.15, 0.2) is 5.82 Å². The second-order valence-electron chi connectivity index (χ2n) is 6.46. The number of aromatic amines is 1. The first-order valence-electron chi connectivity index (χ1n) is 8.23. The molecule has 0 radical (unpaired) electrons. The van der Waals surface area contributed by atoms with Crippen LogP contribution in [0.5, 0.6) is 0 Å². The first-order valence-corrected chi connectivity index (χ1v) is 8.23. The van der Waals surface area contributed by atoms with Crippen molar-refractivity contribution in [2.75, 3.05) is 7.05 Å². The van der Waals surface area contributed by atoms with Crippen molar-refractivity contribution in [3.8, 4) is 11.4 Å². The van der Waals surface area contributed by atoms with Gasteiger partial charge in [0.2, 0.25) is 0 Å². The third-order valence-corrected chi connectivity index (χ3v) is 4.76. The standard InChI is InChI=1S/C18H17N5O3/c1-11-8-12(15-21-17(25)26-22-15)9-14(20-11)16(24)23(2)18(5-6-18)13-4-3-7-19-10-13/h3-4,7-10H,5-6H2,1-2H3,(H,21,22,25). The van der Waals surface area contributed by atoms with Gasteiger partial charge >= 0.3 is 5.76 Å². The van der Waals surface area contributed by atoms with Gasteiger partial charge in [0.1, 0.15) is 5.69 Å². The average Bonchev–Trinajstić information content (AvgIpc) is 3.35. The fourth-order valence-electron chi connectivity index (χ4n) is 3.21. The van der Waals surface area contributed by atoms with Crippen molar-refractivity contribution in [1.29, 1.82) is 0 Å². The van der Waals surface area contributed by atoms with Crippen LogP contribution in [0.3, 0.4) is 0 Å². The molecule has 1 aliphatic carbocycles. The summed E-state index contributed by atoms with van der Waals surface area (Å²) in [5.74, 6) is -0.569. The number of nitrogens with one attached hydrogen (secondary N) is 1. The number of hydrogen-bond acceptors (Lipinski definition) is 6. The Morgan fingerprint density at radius 1 is 1.35 bits per heavy atom. The topological polar surface area (TPSA) is 105 Å². The van der Waals surface area contributed by atoms with Crippen molar-refractivity contribution in [3.05, 3.63) is 64.2 Å². The van der Waals surface area contributed by atoms with Crippen molar-refractivity contribution < 1.29 is 9.32 Å². The molecular formula is C18H17N5O3. The van der Waals surface area contributed by atoms with E-state index in [0.29, 0.717) is 17.0 Å². The number of hydrogen-bond donors (Lipinski definition) is 1. The number of rotatable bonds is 4. The van der Waals surface area contributed by atoms with Crippen LogP contribution >= 0.6 is 0 Å². The van der Waals surface area contributed by atoms with Crippen molar-refractivity contribution in [3.63, 3.8) is 0 Å². The van der Waals surface area contributed by atoms with E-state index in [9.17, 15) is 9.59 Å². The van der Waals surface area contributed by atoms with Crippen LogP contribution in [0, 0.1) is 6.92 Å². The van der Waals surface area contributed by atoms with Gasteiger partial charge in [-0.25, -0.2) is 9.78 Å². The van der Waals surface area contributed by atoms with Gasteiger partial charge in [0.25, 0.3) is 5.91 Å². The van der Waals surface area contributed by atoms with Crippen LogP contribution < -0.4 is 5.76 Å². The lowest BCUT2D eigenvalue weighted by Crippen LogP contribution is -2.37. The number of amides is 1. The highest BCUT2D eigenvalue weighted by Gasteiger charge is 2.50. The van der Waals surface area contributed by atoms with Crippen molar-refractivity contribution >= 4 is 5.91 Å². The Labute approximate surface area is 148 Å². The SMILES string of the molecule is Cc1cc(-c2noc(=O)[nH]2)cc(C(=O)N(C)C2(c3cccnc3)CC2)n1. The van der Waals surface area contributed by atoms with E-state index in [-0.39, 0.29) is 17.3 Å². The maximum absolute atomic E-state index is 13.1. The summed E-state index contributed by atoms with van der Waals surface area (Å²) in [5, 5.41) is 3.68. The molecule has 0 atom stereocenters. The van der Waals surface area contributed by atoms with Crippen LogP contribution in [-0.2, 0) is 5.54 Å². The number of carbonyl (C=O) groups is 1.